The van der Waals surface area contributed by atoms with Crippen molar-refractivity contribution in [3.63, 3.8) is 0 Å². The fourth-order valence-corrected chi connectivity index (χ4v) is 3.30. The zero-order valence-corrected chi connectivity index (χ0v) is 15.9. The van der Waals surface area contributed by atoms with Gasteiger partial charge in [-0.05, 0) is 47.1 Å². The number of nitrogens with zero attached hydrogens (tertiary/aromatic N) is 4. The van der Waals surface area contributed by atoms with Crippen LogP contribution in [0.1, 0.15) is 17.0 Å². The third kappa shape index (κ3) is 3.35. The zero-order chi connectivity index (χ0) is 18.1. The van der Waals surface area contributed by atoms with Gasteiger partial charge in [-0.15, -0.1) is 0 Å². The smallest absolute Gasteiger partial charge is 0.318 e. The molecular weight excluding hydrogens is 394 g/mol. The predicted octanol–water partition coefficient (Wildman–Crippen LogP) is 3.93. The Labute approximate surface area is 160 Å². The molecule has 0 aliphatic carbocycles. The number of halogens is 1. The van der Waals surface area contributed by atoms with E-state index in [2.05, 4.69) is 67.0 Å². The molecule has 26 heavy (non-hydrogen) atoms. The molecule has 0 radical (unpaired) electrons. The second-order valence-electron chi connectivity index (χ2n) is 6.31. The van der Waals surface area contributed by atoms with Crippen LogP contribution in [0, 0.1) is 6.92 Å². The Morgan fingerprint density at radius 1 is 1.15 bits per heavy atom. The Bertz CT molecular complexity index is 934. The van der Waals surface area contributed by atoms with Gasteiger partial charge in [0.1, 0.15) is 4.60 Å². The largest absolute Gasteiger partial charge is 0.322 e. The summed E-state index contributed by atoms with van der Waals surface area (Å²) >= 11 is 3.29. The first kappa shape index (κ1) is 16.8. The molecule has 1 aliphatic rings. The molecule has 2 amide bonds. The summed E-state index contributed by atoms with van der Waals surface area (Å²) in [5, 5.41) is 2.88. The summed E-state index contributed by atoms with van der Waals surface area (Å²) in [7, 11) is 0. The summed E-state index contributed by atoms with van der Waals surface area (Å²) in [4.78, 5) is 22.9. The standard InChI is InChI=1S/C19H18BrN5O/c1-13-2-5-15(6-3-13)25-12-22-16-11-24(9-8-17(16)25)19(26)23-14-4-7-18(20)21-10-14/h2-7,10,12H,8-9,11H2,1H3,(H,23,26). The van der Waals surface area contributed by atoms with Gasteiger partial charge in [0.2, 0.25) is 0 Å². The van der Waals surface area contributed by atoms with Gasteiger partial charge in [-0.3, -0.25) is 0 Å². The lowest BCUT2D eigenvalue weighted by molar-refractivity contribution is 0.205. The van der Waals surface area contributed by atoms with Crippen molar-refractivity contribution < 1.29 is 4.79 Å². The van der Waals surface area contributed by atoms with E-state index in [0.29, 0.717) is 18.8 Å². The highest BCUT2D eigenvalue weighted by Gasteiger charge is 2.24. The number of fused-ring (bicyclic) bond motifs is 1. The third-order valence-electron chi connectivity index (χ3n) is 4.49. The highest BCUT2D eigenvalue weighted by atomic mass is 79.9. The lowest BCUT2D eigenvalue weighted by Crippen LogP contribution is -2.39. The van der Waals surface area contributed by atoms with Crippen LogP contribution in [0.2, 0.25) is 0 Å². The van der Waals surface area contributed by atoms with Gasteiger partial charge in [0, 0.05) is 24.3 Å². The first-order valence-electron chi connectivity index (χ1n) is 8.40. The third-order valence-corrected chi connectivity index (χ3v) is 4.96. The average Bonchev–Trinajstić information content (AvgIpc) is 3.07. The minimum Gasteiger partial charge on any atom is -0.318 e. The molecule has 132 valence electrons. The van der Waals surface area contributed by atoms with Crippen LogP contribution in [-0.2, 0) is 13.0 Å². The van der Waals surface area contributed by atoms with E-state index in [1.807, 2.05) is 12.4 Å². The number of carbonyl (C=O) groups excluding carboxylic acids is 1. The average molecular weight is 412 g/mol. The zero-order valence-electron chi connectivity index (χ0n) is 14.3. The Kier molecular flexibility index (Phi) is 4.46. The van der Waals surface area contributed by atoms with Crippen molar-refractivity contribution in [2.45, 2.75) is 19.9 Å². The van der Waals surface area contributed by atoms with Gasteiger partial charge >= 0.3 is 6.03 Å². The number of pyridine rings is 1. The second kappa shape index (κ2) is 6.92. The summed E-state index contributed by atoms with van der Waals surface area (Å²) in [6.07, 6.45) is 4.24. The van der Waals surface area contributed by atoms with Crippen LogP contribution in [0.15, 0.2) is 53.5 Å². The van der Waals surface area contributed by atoms with E-state index in [1.165, 1.54) is 11.3 Å². The number of urea groups is 1. The van der Waals surface area contributed by atoms with Crippen molar-refractivity contribution in [3.8, 4) is 5.69 Å². The normalized spacial score (nSPS) is 13.4. The maximum absolute atomic E-state index is 12.5. The fourth-order valence-electron chi connectivity index (χ4n) is 3.06. The number of rotatable bonds is 2. The number of carbonyl (C=O) groups is 1. The number of aromatic nitrogens is 3. The molecule has 4 rings (SSSR count). The highest BCUT2D eigenvalue weighted by molar-refractivity contribution is 9.10. The van der Waals surface area contributed by atoms with Gasteiger partial charge in [-0.25, -0.2) is 14.8 Å². The molecule has 2 aromatic heterocycles. The molecule has 6 nitrogen and oxygen atoms in total. The number of anilines is 1. The van der Waals surface area contributed by atoms with Crippen molar-refractivity contribution in [3.05, 3.63) is 70.5 Å². The Morgan fingerprint density at radius 3 is 2.69 bits per heavy atom. The number of nitrogens with one attached hydrogen (secondary N) is 1. The van der Waals surface area contributed by atoms with Gasteiger partial charge in [0.15, 0.2) is 0 Å². The van der Waals surface area contributed by atoms with Gasteiger partial charge in [0.05, 0.1) is 30.5 Å². The Hall–Kier alpha value is -2.67. The van der Waals surface area contributed by atoms with Crippen LogP contribution in [0.25, 0.3) is 5.69 Å². The summed E-state index contributed by atoms with van der Waals surface area (Å²) in [6, 6.07) is 11.9. The van der Waals surface area contributed by atoms with E-state index >= 15 is 0 Å². The molecule has 1 aliphatic heterocycles. The maximum Gasteiger partial charge on any atom is 0.322 e. The molecule has 0 unspecified atom stereocenters. The molecule has 0 spiro atoms. The molecule has 0 atom stereocenters. The summed E-state index contributed by atoms with van der Waals surface area (Å²) < 4.78 is 2.85. The quantitative estimate of drug-likeness (QED) is 0.649. The van der Waals surface area contributed by atoms with Crippen LogP contribution in [0.3, 0.4) is 0 Å². The van der Waals surface area contributed by atoms with Crippen LogP contribution >= 0.6 is 15.9 Å². The number of hydrogen-bond acceptors (Lipinski definition) is 3. The predicted molar refractivity (Wildman–Crippen MR) is 103 cm³/mol. The minimum atomic E-state index is -0.135. The van der Waals surface area contributed by atoms with E-state index in [0.717, 1.165) is 22.4 Å². The van der Waals surface area contributed by atoms with Crippen LogP contribution in [0.4, 0.5) is 10.5 Å². The summed E-state index contributed by atoms with van der Waals surface area (Å²) in [6.45, 7) is 3.23. The van der Waals surface area contributed by atoms with E-state index < -0.39 is 0 Å². The van der Waals surface area contributed by atoms with Gasteiger partial charge in [0.25, 0.3) is 0 Å². The lowest BCUT2D eigenvalue weighted by Gasteiger charge is -2.27. The number of imidazole rings is 1. The summed E-state index contributed by atoms with van der Waals surface area (Å²) in [5.74, 6) is 0. The van der Waals surface area contributed by atoms with Crippen molar-refractivity contribution in [1.29, 1.82) is 0 Å². The van der Waals surface area contributed by atoms with Crippen molar-refractivity contribution in [2.75, 3.05) is 11.9 Å². The first-order valence-corrected chi connectivity index (χ1v) is 9.19. The second-order valence-corrected chi connectivity index (χ2v) is 7.13. The molecular formula is C19H18BrN5O. The molecule has 1 N–H and O–H groups in total. The molecule has 0 bridgehead atoms. The van der Waals surface area contributed by atoms with Gasteiger partial charge in [-0.2, -0.15) is 0 Å². The molecule has 3 heterocycles. The highest BCUT2D eigenvalue weighted by Crippen LogP contribution is 2.22. The van der Waals surface area contributed by atoms with E-state index in [9.17, 15) is 4.79 Å². The number of hydrogen-bond donors (Lipinski definition) is 1. The maximum atomic E-state index is 12.5. The van der Waals surface area contributed by atoms with Gasteiger partial charge in [-0.1, -0.05) is 17.7 Å². The van der Waals surface area contributed by atoms with Crippen molar-refractivity contribution in [1.82, 2.24) is 19.4 Å². The number of amides is 2. The van der Waals surface area contributed by atoms with E-state index in [1.54, 1.807) is 17.2 Å². The monoisotopic (exact) mass is 411 g/mol. The Morgan fingerprint density at radius 2 is 1.96 bits per heavy atom. The van der Waals surface area contributed by atoms with Gasteiger partial charge < -0.3 is 14.8 Å². The molecule has 0 saturated heterocycles. The van der Waals surface area contributed by atoms with Crippen LogP contribution in [-0.4, -0.2) is 32.0 Å². The molecule has 0 fully saturated rings. The van der Waals surface area contributed by atoms with Crippen molar-refractivity contribution in [2.24, 2.45) is 0 Å². The number of aryl methyl sites for hydroxylation is 1. The van der Waals surface area contributed by atoms with Crippen LogP contribution in [0.5, 0.6) is 0 Å². The molecule has 3 aromatic rings. The Balaban J connectivity index is 1.49. The topological polar surface area (TPSA) is 63.1 Å². The van der Waals surface area contributed by atoms with E-state index in [4.69, 9.17) is 0 Å². The van der Waals surface area contributed by atoms with E-state index in [-0.39, 0.29) is 6.03 Å². The SMILES string of the molecule is Cc1ccc(-n2cnc3c2CCN(C(=O)Nc2ccc(Br)nc2)C3)cc1. The number of benzene rings is 1. The first-order chi connectivity index (χ1) is 12.6. The lowest BCUT2D eigenvalue weighted by atomic mass is 10.1. The summed E-state index contributed by atoms with van der Waals surface area (Å²) in [5.41, 5.74) is 5.12. The van der Waals surface area contributed by atoms with Crippen LogP contribution < -0.4 is 5.32 Å². The fraction of sp³-hybridized carbons (Fsp3) is 0.211. The molecule has 7 heteroatoms. The van der Waals surface area contributed by atoms with Crippen molar-refractivity contribution >= 4 is 27.6 Å². The minimum absolute atomic E-state index is 0.135. The molecule has 1 aromatic carbocycles. The molecule has 0 saturated carbocycles.